The highest BCUT2D eigenvalue weighted by atomic mass is 32.2. The van der Waals surface area contributed by atoms with E-state index in [0.29, 0.717) is 11.8 Å². The Bertz CT molecular complexity index is 391. The average molecular weight is 253 g/mol. The van der Waals surface area contributed by atoms with Gasteiger partial charge >= 0.3 is 0 Å². The van der Waals surface area contributed by atoms with E-state index < -0.39 is 0 Å². The van der Waals surface area contributed by atoms with Crippen LogP contribution in [0.4, 0.5) is 0 Å². The first kappa shape index (κ1) is 12.5. The smallest absolute Gasteiger partial charge is 0.232 e. The SMILES string of the molecule is CSCC(=O)N1CCC[C@@H](n2ccnc2C)C1. The summed E-state index contributed by atoms with van der Waals surface area (Å²) >= 11 is 1.59. The standard InChI is InChI=1S/C12H19N3OS/c1-10-13-5-7-15(10)11-4-3-6-14(8-11)12(16)9-17-2/h5,7,11H,3-4,6,8-9H2,1-2H3/t11-/m1/s1. The van der Waals surface area contributed by atoms with Gasteiger partial charge in [0.2, 0.25) is 5.91 Å². The summed E-state index contributed by atoms with van der Waals surface area (Å²) in [6, 6.07) is 0.400. The summed E-state index contributed by atoms with van der Waals surface area (Å²) in [5, 5.41) is 0. The van der Waals surface area contributed by atoms with Gasteiger partial charge in [-0.3, -0.25) is 4.79 Å². The van der Waals surface area contributed by atoms with Gasteiger partial charge in [-0.15, -0.1) is 0 Å². The van der Waals surface area contributed by atoms with Gasteiger partial charge in [0.15, 0.2) is 0 Å². The highest BCUT2D eigenvalue weighted by Crippen LogP contribution is 2.22. The fourth-order valence-corrected chi connectivity index (χ4v) is 2.83. The third kappa shape index (κ3) is 2.83. The number of amides is 1. The predicted molar refractivity (Wildman–Crippen MR) is 70.2 cm³/mol. The second-order valence-corrected chi connectivity index (χ2v) is 5.32. The van der Waals surface area contributed by atoms with Crippen LogP contribution in [0.5, 0.6) is 0 Å². The summed E-state index contributed by atoms with van der Waals surface area (Å²) < 4.78 is 2.19. The van der Waals surface area contributed by atoms with E-state index in [9.17, 15) is 4.79 Å². The molecule has 5 heteroatoms. The van der Waals surface area contributed by atoms with E-state index in [4.69, 9.17) is 0 Å². The van der Waals surface area contributed by atoms with Crippen LogP contribution in [0, 0.1) is 6.92 Å². The molecule has 94 valence electrons. The molecule has 2 rings (SSSR count). The van der Waals surface area contributed by atoms with Crippen LogP contribution in [0.3, 0.4) is 0 Å². The Kier molecular flexibility index (Phi) is 4.10. The van der Waals surface area contributed by atoms with Crippen LogP contribution < -0.4 is 0 Å². The Morgan fingerprint density at radius 2 is 2.47 bits per heavy atom. The van der Waals surface area contributed by atoms with Gasteiger partial charge in [-0.2, -0.15) is 11.8 Å². The number of thioether (sulfide) groups is 1. The molecule has 2 heterocycles. The summed E-state index contributed by atoms with van der Waals surface area (Å²) in [7, 11) is 0. The summed E-state index contributed by atoms with van der Waals surface area (Å²) in [6.45, 7) is 3.75. The van der Waals surface area contributed by atoms with E-state index >= 15 is 0 Å². The topological polar surface area (TPSA) is 38.1 Å². The van der Waals surface area contributed by atoms with Crippen molar-refractivity contribution >= 4 is 17.7 Å². The second-order valence-electron chi connectivity index (χ2n) is 4.45. The van der Waals surface area contributed by atoms with Gasteiger partial charge < -0.3 is 9.47 Å². The molecule has 1 aromatic rings. The van der Waals surface area contributed by atoms with Gasteiger partial charge in [0, 0.05) is 25.5 Å². The van der Waals surface area contributed by atoms with Crippen LogP contribution in [0.15, 0.2) is 12.4 Å². The van der Waals surface area contributed by atoms with Gasteiger partial charge in [0.1, 0.15) is 5.82 Å². The molecular formula is C12H19N3OS. The molecule has 1 saturated heterocycles. The first-order valence-corrected chi connectivity index (χ1v) is 7.38. The van der Waals surface area contributed by atoms with Gasteiger partial charge in [0.05, 0.1) is 11.8 Å². The van der Waals surface area contributed by atoms with Crippen LogP contribution in [0.1, 0.15) is 24.7 Å². The summed E-state index contributed by atoms with van der Waals surface area (Å²) in [4.78, 5) is 18.1. The minimum Gasteiger partial charge on any atom is -0.340 e. The largest absolute Gasteiger partial charge is 0.340 e. The van der Waals surface area contributed by atoms with E-state index in [0.717, 1.165) is 31.8 Å². The van der Waals surface area contributed by atoms with E-state index in [2.05, 4.69) is 9.55 Å². The Balaban J connectivity index is 2.02. The van der Waals surface area contributed by atoms with Crippen LogP contribution >= 0.6 is 11.8 Å². The van der Waals surface area contributed by atoms with Crippen molar-refractivity contribution in [1.29, 1.82) is 0 Å². The Morgan fingerprint density at radius 3 is 3.12 bits per heavy atom. The number of carbonyl (C=O) groups is 1. The van der Waals surface area contributed by atoms with Gasteiger partial charge in [-0.1, -0.05) is 0 Å². The Labute approximate surface area is 106 Å². The van der Waals surface area contributed by atoms with Crippen molar-refractivity contribution in [2.45, 2.75) is 25.8 Å². The second kappa shape index (κ2) is 5.58. The molecule has 1 aliphatic heterocycles. The van der Waals surface area contributed by atoms with Crippen molar-refractivity contribution < 1.29 is 4.79 Å². The molecule has 4 nitrogen and oxygen atoms in total. The molecule has 0 bridgehead atoms. The fourth-order valence-electron chi connectivity index (χ4n) is 2.40. The van der Waals surface area contributed by atoms with Gasteiger partial charge in [-0.25, -0.2) is 4.98 Å². The maximum absolute atomic E-state index is 11.9. The highest BCUT2D eigenvalue weighted by molar-refractivity contribution is 7.99. The quantitative estimate of drug-likeness (QED) is 0.823. The first-order valence-electron chi connectivity index (χ1n) is 5.98. The predicted octanol–water partition coefficient (Wildman–Crippen LogP) is 1.72. The zero-order valence-electron chi connectivity index (χ0n) is 10.4. The molecule has 0 aliphatic carbocycles. The van der Waals surface area contributed by atoms with Crippen LogP contribution in [-0.2, 0) is 4.79 Å². The molecule has 0 spiro atoms. The third-order valence-corrected chi connectivity index (χ3v) is 3.81. The molecule has 1 amide bonds. The number of rotatable bonds is 3. The number of likely N-dealkylation sites (tertiary alicyclic amines) is 1. The monoisotopic (exact) mass is 253 g/mol. The Hall–Kier alpha value is -0.970. The summed E-state index contributed by atoms with van der Waals surface area (Å²) in [5.41, 5.74) is 0. The van der Waals surface area contributed by atoms with Crippen LogP contribution in [0.2, 0.25) is 0 Å². The number of carbonyl (C=O) groups excluding carboxylic acids is 1. The van der Waals surface area contributed by atoms with Crippen molar-refractivity contribution in [2.24, 2.45) is 0 Å². The molecular weight excluding hydrogens is 234 g/mol. The number of hydrogen-bond acceptors (Lipinski definition) is 3. The first-order chi connectivity index (χ1) is 8.22. The number of nitrogens with zero attached hydrogens (tertiary/aromatic N) is 3. The lowest BCUT2D eigenvalue weighted by atomic mass is 10.1. The minimum atomic E-state index is 0.264. The molecule has 0 aromatic carbocycles. The third-order valence-electron chi connectivity index (χ3n) is 3.27. The van der Waals surface area contributed by atoms with Crippen LogP contribution in [-0.4, -0.2) is 45.5 Å². The van der Waals surface area contributed by atoms with E-state index in [-0.39, 0.29) is 5.91 Å². The van der Waals surface area contributed by atoms with Crippen molar-refractivity contribution in [1.82, 2.24) is 14.5 Å². The van der Waals surface area contributed by atoms with E-state index in [1.807, 2.05) is 30.5 Å². The number of hydrogen-bond donors (Lipinski definition) is 0. The van der Waals surface area contributed by atoms with Crippen molar-refractivity contribution in [3.05, 3.63) is 18.2 Å². The lowest BCUT2D eigenvalue weighted by molar-refractivity contribution is -0.129. The van der Waals surface area contributed by atoms with Crippen LogP contribution in [0.25, 0.3) is 0 Å². The van der Waals surface area contributed by atoms with Crippen molar-refractivity contribution in [2.75, 3.05) is 25.1 Å². The molecule has 17 heavy (non-hydrogen) atoms. The number of piperidine rings is 1. The average Bonchev–Trinajstić information content (AvgIpc) is 2.76. The molecule has 0 saturated carbocycles. The van der Waals surface area contributed by atoms with E-state index in [1.165, 1.54) is 0 Å². The number of aromatic nitrogens is 2. The number of imidazole rings is 1. The lowest BCUT2D eigenvalue weighted by Gasteiger charge is -2.33. The highest BCUT2D eigenvalue weighted by Gasteiger charge is 2.24. The molecule has 0 N–H and O–H groups in total. The zero-order chi connectivity index (χ0) is 12.3. The summed E-state index contributed by atoms with van der Waals surface area (Å²) in [5.74, 6) is 1.89. The lowest BCUT2D eigenvalue weighted by Crippen LogP contribution is -2.41. The molecule has 1 aliphatic rings. The van der Waals surface area contributed by atoms with Crippen molar-refractivity contribution in [3.8, 4) is 0 Å². The molecule has 1 aromatic heterocycles. The fraction of sp³-hybridized carbons (Fsp3) is 0.667. The maximum Gasteiger partial charge on any atom is 0.232 e. The minimum absolute atomic E-state index is 0.264. The zero-order valence-corrected chi connectivity index (χ0v) is 11.2. The normalized spacial score (nSPS) is 20.6. The van der Waals surface area contributed by atoms with E-state index in [1.54, 1.807) is 11.8 Å². The molecule has 1 atom stereocenters. The molecule has 0 unspecified atom stereocenters. The maximum atomic E-state index is 11.9. The Morgan fingerprint density at radius 1 is 1.65 bits per heavy atom. The van der Waals surface area contributed by atoms with Crippen molar-refractivity contribution in [3.63, 3.8) is 0 Å². The molecule has 0 radical (unpaired) electrons. The van der Waals surface area contributed by atoms with Gasteiger partial charge in [-0.05, 0) is 26.0 Å². The summed E-state index contributed by atoms with van der Waals surface area (Å²) in [6.07, 6.45) is 8.04. The molecule has 1 fully saturated rings. The number of aryl methyl sites for hydroxylation is 1. The van der Waals surface area contributed by atoms with Gasteiger partial charge in [0.25, 0.3) is 0 Å².